The molecule has 1 N–H and O–H groups in total. The first-order valence-electron chi connectivity index (χ1n) is 7.03. The van der Waals surface area contributed by atoms with Gasteiger partial charge in [0.2, 0.25) is 0 Å². The van der Waals surface area contributed by atoms with Crippen molar-refractivity contribution in [3.63, 3.8) is 0 Å². The van der Waals surface area contributed by atoms with Crippen LogP contribution >= 0.6 is 23.2 Å². The highest BCUT2D eigenvalue weighted by Gasteiger charge is 2.17. The van der Waals surface area contributed by atoms with E-state index in [4.69, 9.17) is 23.2 Å². The molecular formula is C15H15Cl2N5. The minimum Gasteiger partial charge on any atom is -0.368 e. The third-order valence-electron chi connectivity index (χ3n) is 3.33. The summed E-state index contributed by atoms with van der Waals surface area (Å²) in [4.78, 5) is 13.1. The number of benzene rings is 1. The Bertz CT molecular complexity index is 735. The van der Waals surface area contributed by atoms with Crippen molar-refractivity contribution in [2.75, 3.05) is 11.9 Å². The van der Waals surface area contributed by atoms with Crippen molar-refractivity contribution in [2.45, 2.75) is 19.9 Å². The quantitative estimate of drug-likeness (QED) is 0.766. The summed E-state index contributed by atoms with van der Waals surface area (Å²) < 4.78 is 1.90. The number of anilines is 1. The Morgan fingerprint density at radius 3 is 2.64 bits per heavy atom. The summed E-state index contributed by atoms with van der Waals surface area (Å²) in [6, 6.07) is 5.47. The lowest BCUT2D eigenvalue weighted by Crippen LogP contribution is -2.11. The topological polar surface area (TPSA) is 55.6 Å². The van der Waals surface area contributed by atoms with Crippen LogP contribution < -0.4 is 5.32 Å². The van der Waals surface area contributed by atoms with Crippen molar-refractivity contribution in [1.82, 2.24) is 19.5 Å². The lowest BCUT2D eigenvalue weighted by atomic mass is 10.2. The maximum absolute atomic E-state index is 6.24. The number of nitrogens with zero attached hydrogens (tertiary/aromatic N) is 4. The molecule has 0 aliphatic carbocycles. The molecule has 1 aromatic carbocycles. The predicted molar refractivity (Wildman–Crippen MR) is 88.8 cm³/mol. The number of fused-ring (bicyclic) bond motifs is 1. The fourth-order valence-electron chi connectivity index (χ4n) is 2.22. The van der Waals surface area contributed by atoms with Gasteiger partial charge in [-0.25, -0.2) is 15.0 Å². The van der Waals surface area contributed by atoms with Gasteiger partial charge in [0, 0.05) is 22.2 Å². The van der Waals surface area contributed by atoms with Gasteiger partial charge in [-0.15, -0.1) is 0 Å². The van der Waals surface area contributed by atoms with E-state index in [-0.39, 0.29) is 0 Å². The van der Waals surface area contributed by atoms with Gasteiger partial charge in [-0.2, -0.15) is 0 Å². The van der Waals surface area contributed by atoms with Crippen molar-refractivity contribution >= 4 is 29.0 Å². The van der Waals surface area contributed by atoms with Gasteiger partial charge in [-0.05, 0) is 18.6 Å². The Morgan fingerprint density at radius 2 is 1.91 bits per heavy atom. The minimum absolute atomic E-state index is 0.495. The number of aromatic nitrogens is 4. The second-order valence-electron chi connectivity index (χ2n) is 4.89. The van der Waals surface area contributed by atoms with Crippen LogP contribution in [0.3, 0.4) is 0 Å². The van der Waals surface area contributed by atoms with E-state index in [1.807, 2.05) is 22.8 Å². The number of imidazole rings is 1. The van der Waals surface area contributed by atoms with Crippen LogP contribution in [0.2, 0.25) is 10.0 Å². The van der Waals surface area contributed by atoms with Gasteiger partial charge >= 0.3 is 0 Å². The van der Waals surface area contributed by atoms with Gasteiger partial charge in [-0.3, -0.25) is 0 Å². The van der Waals surface area contributed by atoms with Gasteiger partial charge in [0.15, 0.2) is 17.3 Å². The average molecular weight is 336 g/mol. The molecule has 2 aliphatic rings. The summed E-state index contributed by atoms with van der Waals surface area (Å²) in [6.45, 7) is 3.44. The van der Waals surface area contributed by atoms with Gasteiger partial charge < -0.3 is 9.88 Å². The van der Waals surface area contributed by atoms with Crippen molar-refractivity contribution in [2.24, 2.45) is 0 Å². The monoisotopic (exact) mass is 335 g/mol. The molecule has 0 aromatic heterocycles. The highest BCUT2D eigenvalue weighted by atomic mass is 35.5. The molecule has 0 saturated carbocycles. The van der Waals surface area contributed by atoms with Crippen molar-refractivity contribution in [3.05, 3.63) is 46.5 Å². The van der Waals surface area contributed by atoms with Crippen molar-refractivity contribution < 1.29 is 0 Å². The number of nitrogens with one attached hydrogen (secondary N) is 1. The highest BCUT2D eigenvalue weighted by Crippen LogP contribution is 2.29. The standard InChI is InChI=1S/C15H15Cl2N5/c1-2-6-18-14-13-15(20-8-19-13)22(9-21-14)7-10-11(16)4-3-5-12(10)17/h3-5,8-9,18H,2,6-7H2,1H3. The zero-order valence-electron chi connectivity index (χ0n) is 12.1. The number of halogens is 2. The molecule has 0 radical (unpaired) electrons. The summed E-state index contributed by atoms with van der Waals surface area (Å²) in [5, 5.41) is 4.51. The molecule has 2 heterocycles. The number of hydrogen-bond acceptors (Lipinski definition) is 4. The molecule has 1 aromatic rings. The van der Waals surface area contributed by atoms with Crippen molar-refractivity contribution in [1.29, 1.82) is 0 Å². The van der Waals surface area contributed by atoms with E-state index >= 15 is 0 Å². The summed E-state index contributed by atoms with van der Waals surface area (Å²) >= 11 is 12.5. The zero-order valence-corrected chi connectivity index (χ0v) is 13.6. The minimum atomic E-state index is 0.495. The maximum atomic E-state index is 6.24. The van der Waals surface area contributed by atoms with Gasteiger partial charge in [0.25, 0.3) is 0 Å². The molecule has 0 amide bonds. The fraction of sp³-hybridized carbons (Fsp3) is 0.267. The molecule has 0 saturated heterocycles. The second-order valence-corrected chi connectivity index (χ2v) is 5.71. The van der Waals surface area contributed by atoms with E-state index in [1.165, 1.54) is 6.33 Å². The van der Waals surface area contributed by atoms with Gasteiger partial charge in [-0.1, -0.05) is 36.2 Å². The first kappa shape index (κ1) is 15.1. The van der Waals surface area contributed by atoms with Gasteiger partial charge in [0.05, 0.1) is 12.9 Å². The fourth-order valence-corrected chi connectivity index (χ4v) is 2.74. The summed E-state index contributed by atoms with van der Waals surface area (Å²) in [7, 11) is 0. The Balaban J connectivity index is 1.97. The molecule has 0 unspecified atom stereocenters. The SMILES string of the molecule is CCCNc1ncn(Cc2c(Cl)cccc2Cl)c2ncnc1-2. The van der Waals surface area contributed by atoms with E-state index < -0.39 is 0 Å². The van der Waals surface area contributed by atoms with Crippen LogP contribution in [0.1, 0.15) is 18.9 Å². The Hall–Kier alpha value is -1.85. The molecule has 5 nitrogen and oxygen atoms in total. The molecule has 2 aliphatic heterocycles. The number of rotatable bonds is 5. The number of hydrogen-bond donors (Lipinski definition) is 1. The van der Waals surface area contributed by atoms with E-state index in [9.17, 15) is 0 Å². The third-order valence-corrected chi connectivity index (χ3v) is 4.04. The normalized spacial score (nSPS) is 11.0. The zero-order chi connectivity index (χ0) is 15.5. The molecule has 0 fully saturated rings. The maximum Gasteiger partial charge on any atom is 0.165 e. The van der Waals surface area contributed by atoms with Crippen LogP contribution in [0, 0.1) is 0 Å². The predicted octanol–water partition coefficient (Wildman–Crippen LogP) is 3.95. The Labute approximate surface area is 138 Å². The molecular weight excluding hydrogens is 321 g/mol. The van der Waals surface area contributed by atoms with Crippen LogP contribution in [0.15, 0.2) is 30.9 Å². The smallest absolute Gasteiger partial charge is 0.165 e. The van der Waals surface area contributed by atoms with Gasteiger partial charge in [0.1, 0.15) is 6.33 Å². The van der Waals surface area contributed by atoms with Crippen LogP contribution in [0.25, 0.3) is 11.5 Å². The molecule has 22 heavy (non-hydrogen) atoms. The third kappa shape index (κ3) is 2.87. The highest BCUT2D eigenvalue weighted by molar-refractivity contribution is 6.35. The Morgan fingerprint density at radius 1 is 1.14 bits per heavy atom. The lowest BCUT2D eigenvalue weighted by molar-refractivity contribution is 0.760. The summed E-state index contributed by atoms with van der Waals surface area (Å²) in [6.07, 6.45) is 4.28. The van der Waals surface area contributed by atoms with Crippen LogP contribution in [-0.2, 0) is 6.54 Å². The van der Waals surface area contributed by atoms with Crippen LogP contribution in [0.5, 0.6) is 0 Å². The van der Waals surface area contributed by atoms with Crippen LogP contribution in [0.4, 0.5) is 5.82 Å². The largest absolute Gasteiger partial charge is 0.368 e. The molecule has 0 spiro atoms. The average Bonchev–Trinajstić information content (AvgIpc) is 3.00. The van der Waals surface area contributed by atoms with E-state index in [2.05, 4.69) is 27.2 Å². The van der Waals surface area contributed by atoms with Crippen LogP contribution in [-0.4, -0.2) is 26.1 Å². The molecule has 0 atom stereocenters. The van der Waals surface area contributed by atoms with Crippen molar-refractivity contribution in [3.8, 4) is 11.5 Å². The molecule has 114 valence electrons. The lowest BCUT2D eigenvalue weighted by Gasteiger charge is -2.15. The first-order chi connectivity index (χ1) is 10.7. The first-order valence-corrected chi connectivity index (χ1v) is 7.79. The van der Waals surface area contributed by atoms with E-state index in [1.54, 1.807) is 6.33 Å². The Kier molecular flexibility index (Phi) is 4.45. The molecule has 7 heteroatoms. The van der Waals surface area contributed by atoms with E-state index in [0.717, 1.165) is 35.9 Å². The summed E-state index contributed by atoms with van der Waals surface area (Å²) in [5.41, 5.74) is 1.59. The second kappa shape index (κ2) is 6.50. The summed E-state index contributed by atoms with van der Waals surface area (Å²) in [5.74, 6) is 1.50. The molecule has 3 rings (SSSR count). The molecule has 0 bridgehead atoms. The van der Waals surface area contributed by atoms with E-state index in [0.29, 0.717) is 16.6 Å².